The van der Waals surface area contributed by atoms with Crippen LogP contribution < -0.4 is 5.32 Å². The van der Waals surface area contributed by atoms with Crippen LogP contribution in [0.4, 0.5) is 13.2 Å². The molecule has 1 N–H and O–H groups in total. The zero-order valence-electron chi connectivity index (χ0n) is 7.38. The van der Waals surface area contributed by atoms with E-state index in [4.69, 9.17) is 0 Å². The molecule has 1 nitrogen and oxygen atoms in total. The molecule has 0 rings (SSSR count). The number of alkyl halides is 3. The van der Waals surface area contributed by atoms with Gasteiger partial charge in [-0.05, 0) is 25.9 Å². The lowest BCUT2D eigenvalue weighted by atomic mass is 10.3. The van der Waals surface area contributed by atoms with Gasteiger partial charge in [-0.25, -0.2) is 0 Å². The van der Waals surface area contributed by atoms with E-state index < -0.39 is 12.6 Å². The monoisotopic (exact) mass is 183 g/mol. The second-order valence-electron chi connectivity index (χ2n) is 2.82. The van der Waals surface area contributed by atoms with Crippen molar-refractivity contribution in [2.24, 2.45) is 0 Å². The van der Waals surface area contributed by atoms with Gasteiger partial charge in [-0.1, -0.05) is 13.3 Å². The minimum atomic E-state index is -3.99. The van der Waals surface area contributed by atoms with Gasteiger partial charge in [0, 0.05) is 6.42 Å². The summed E-state index contributed by atoms with van der Waals surface area (Å²) in [6.07, 6.45) is -2.37. The first kappa shape index (κ1) is 11.8. The molecule has 0 aromatic carbocycles. The summed E-state index contributed by atoms with van der Waals surface area (Å²) in [7, 11) is 0. The van der Waals surface area contributed by atoms with E-state index in [1.165, 1.54) is 0 Å². The minimum absolute atomic E-state index is 0.188. The van der Waals surface area contributed by atoms with Crippen LogP contribution in [0.1, 0.15) is 32.6 Å². The predicted octanol–water partition coefficient (Wildman–Crippen LogP) is 2.72. The van der Waals surface area contributed by atoms with E-state index in [-0.39, 0.29) is 6.42 Å². The van der Waals surface area contributed by atoms with Crippen LogP contribution in [0.2, 0.25) is 0 Å². The van der Waals surface area contributed by atoms with Crippen molar-refractivity contribution in [1.82, 2.24) is 5.32 Å². The fourth-order valence-electron chi connectivity index (χ4n) is 0.841. The fourth-order valence-corrected chi connectivity index (χ4v) is 0.841. The maximum absolute atomic E-state index is 11.6. The Morgan fingerprint density at radius 2 is 1.67 bits per heavy atom. The van der Waals surface area contributed by atoms with Crippen LogP contribution in [0.25, 0.3) is 0 Å². The molecule has 0 fully saturated rings. The Hall–Kier alpha value is -0.250. The Labute approximate surface area is 71.3 Å². The lowest BCUT2D eigenvalue weighted by Gasteiger charge is -2.06. The van der Waals surface area contributed by atoms with E-state index in [0.29, 0.717) is 6.54 Å². The molecule has 0 aliphatic rings. The fraction of sp³-hybridized carbons (Fsp3) is 1.00. The van der Waals surface area contributed by atoms with E-state index >= 15 is 0 Å². The smallest absolute Gasteiger partial charge is 0.317 e. The average molecular weight is 183 g/mol. The number of hydrogen-bond acceptors (Lipinski definition) is 1. The quantitative estimate of drug-likeness (QED) is 0.624. The summed E-state index contributed by atoms with van der Waals surface area (Å²) in [6.45, 7) is 3.35. The highest BCUT2D eigenvalue weighted by Crippen LogP contribution is 2.20. The van der Waals surface area contributed by atoms with Crippen LogP contribution in [-0.4, -0.2) is 19.3 Å². The van der Waals surface area contributed by atoms with E-state index in [9.17, 15) is 13.2 Å². The summed E-state index contributed by atoms with van der Waals surface area (Å²) in [4.78, 5) is 0. The third-order valence-corrected chi connectivity index (χ3v) is 1.52. The first-order chi connectivity index (χ1) is 5.56. The van der Waals surface area contributed by atoms with Gasteiger partial charge in [0.2, 0.25) is 0 Å². The van der Waals surface area contributed by atoms with Crippen molar-refractivity contribution in [1.29, 1.82) is 0 Å². The lowest BCUT2D eigenvalue weighted by molar-refractivity contribution is -0.135. The summed E-state index contributed by atoms with van der Waals surface area (Å²) < 4.78 is 34.8. The SMILES string of the molecule is CCCCNCCCC(F)(F)F. The number of hydrogen-bond donors (Lipinski definition) is 1. The van der Waals surface area contributed by atoms with Gasteiger partial charge < -0.3 is 5.32 Å². The maximum Gasteiger partial charge on any atom is 0.389 e. The molecule has 0 unspecified atom stereocenters. The molecule has 0 spiro atoms. The molecule has 0 saturated heterocycles. The molecule has 0 bridgehead atoms. The van der Waals surface area contributed by atoms with Gasteiger partial charge in [-0.15, -0.1) is 0 Å². The van der Waals surface area contributed by atoms with Crippen LogP contribution >= 0.6 is 0 Å². The number of unbranched alkanes of at least 4 members (excludes halogenated alkanes) is 1. The number of nitrogens with one attached hydrogen (secondary N) is 1. The van der Waals surface area contributed by atoms with Crippen LogP contribution in [0.5, 0.6) is 0 Å². The lowest BCUT2D eigenvalue weighted by Crippen LogP contribution is -2.18. The van der Waals surface area contributed by atoms with Crippen molar-refractivity contribution in [3.05, 3.63) is 0 Å². The Bertz CT molecular complexity index is 101. The van der Waals surface area contributed by atoms with Gasteiger partial charge in [0.25, 0.3) is 0 Å². The molecule has 0 heterocycles. The van der Waals surface area contributed by atoms with Crippen molar-refractivity contribution in [2.45, 2.75) is 38.8 Å². The van der Waals surface area contributed by atoms with Crippen molar-refractivity contribution in [2.75, 3.05) is 13.1 Å². The predicted molar refractivity (Wildman–Crippen MR) is 43.1 cm³/mol. The second-order valence-corrected chi connectivity index (χ2v) is 2.82. The highest BCUT2D eigenvalue weighted by atomic mass is 19.4. The summed E-state index contributed by atoms with van der Waals surface area (Å²) >= 11 is 0. The first-order valence-corrected chi connectivity index (χ1v) is 4.33. The first-order valence-electron chi connectivity index (χ1n) is 4.33. The third kappa shape index (κ3) is 9.75. The summed E-state index contributed by atoms with van der Waals surface area (Å²) in [5.74, 6) is 0. The highest BCUT2D eigenvalue weighted by Gasteiger charge is 2.25. The second kappa shape index (κ2) is 6.29. The van der Waals surface area contributed by atoms with E-state index in [0.717, 1.165) is 19.4 Å². The largest absolute Gasteiger partial charge is 0.389 e. The standard InChI is InChI=1S/C8H16F3N/c1-2-3-6-12-7-4-5-8(9,10)11/h12H,2-7H2,1H3. The van der Waals surface area contributed by atoms with Gasteiger partial charge in [-0.2, -0.15) is 13.2 Å². The van der Waals surface area contributed by atoms with Crippen LogP contribution in [0, 0.1) is 0 Å². The molecule has 0 aliphatic heterocycles. The summed E-state index contributed by atoms with van der Waals surface area (Å²) in [5.41, 5.74) is 0. The molecular weight excluding hydrogens is 167 g/mol. The highest BCUT2D eigenvalue weighted by molar-refractivity contribution is 4.53. The zero-order valence-corrected chi connectivity index (χ0v) is 7.38. The minimum Gasteiger partial charge on any atom is -0.317 e. The molecule has 4 heteroatoms. The average Bonchev–Trinajstić information content (AvgIpc) is 1.94. The number of halogens is 3. The van der Waals surface area contributed by atoms with Crippen LogP contribution in [0.3, 0.4) is 0 Å². The molecule has 0 radical (unpaired) electrons. The maximum atomic E-state index is 11.6. The van der Waals surface area contributed by atoms with E-state index in [1.54, 1.807) is 0 Å². The molecule has 0 saturated carbocycles. The molecule has 0 aliphatic carbocycles. The zero-order chi connectivity index (χ0) is 9.45. The van der Waals surface area contributed by atoms with Crippen LogP contribution in [-0.2, 0) is 0 Å². The summed E-state index contributed by atoms with van der Waals surface area (Å²) in [6, 6.07) is 0. The van der Waals surface area contributed by atoms with Crippen molar-refractivity contribution >= 4 is 0 Å². The topological polar surface area (TPSA) is 12.0 Å². The Morgan fingerprint density at radius 3 is 2.17 bits per heavy atom. The van der Waals surface area contributed by atoms with Gasteiger partial charge >= 0.3 is 6.18 Å². The summed E-state index contributed by atoms with van der Waals surface area (Å²) in [5, 5.41) is 2.96. The van der Waals surface area contributed by atoms with Gasteiger partial charge in [0.05, 0.1) is 0 Å². The van der Waals surface area contributed by atoms with Crippen molar-refractivity contribution in [3.63, 3.8) is 0 Å². The number of rotatable bonds is 6. The van der Waals surface area contributed by atoms with E-state index in [1.807, 2.05) is 0 Å². The van der Waals surface area contributed by atoms with E-state index in [2.05, 4.69) is 12.2 Å². The van der Waals surface area contributed by atoms with Gasteiger partial charge in [0.15, 0.2) is 0 Å². The molecule has 0 atom stereocenters. The Morgan fingerprint density at radius 1 is 1.08 bits per heavy atom. The van der Waals surface area contributed by atoms with Crippen molar-refractivity contribution in [3.8, 4) is 0 Å². The Kier molecular flexibility index (Phi) is 6.16. The van der Waals surface area contributed by atoms with Crippen LogP contribution in [0.15, 0.2) is 0 Å². The van der Waals surface area contributed by atoms with Gasteiger partial charge in [0.1, 0.15) is 0 Å². The molecule has 0 amide bonds. The molecule has 0 aromatic heterocycles. The Balaban J connectivity index is 3.01. The normalized spacial score (nSPS) is 12.0. The third-order valence-electron chi connectivity index (χ3n) is 1.52. The van der Waals surface area contributed by atoms with Crippen molar-refractivity contribution < 1.29 is 13.2 Å². The molecule has 74 valence electrons. The van der Waals surface area contributed by atoms with Gasteiger partial charge in [-0.3, -0.25) is 0 Å². The molecule has 0 aromatic rings. The molecular formula is C8H16F3N. The molecule has 12 heavy (non-hydrogen) atoms.